The smallest absolute Gasteiger partial charge is 0.339 e. The Morgan fingerprint density at radius 3 is 2.60 bits per heavy atom. The topological polar surface area (TPSA) is 39.2 Å². The summed E-state index contributed by atoms with van der Waals surface area (Å²) in [7, 11) is 0. The summed E-state index contributed by atoms with van der Waals surface area (Å²) in [6, 6.07) is 13.5. The lowest BCUT2D eigenvalue weighted by atomic mass is 10.0. The number of aromatic nitrogens is 1. The fraction of sp³-hybridized carbons (Fsp3) is 0.176. The number of carbonyl (C=O) groups is 1. The molecule has 1 aromatic heterocycles. The van der Waals surface area contributed by atoms with Crippen LogP contribution in [-0.2, 0) is 4.74 Å². The van der Waals surface area contributed by atoms with Crippen LogP contribution in [0.1, 0.15) is 24.2 Å². The van der Waals surface area contributed by atoms with E-state index in [1.807, 2.05) is 50.2 Å². The van der Waals surface area contributed by atoms with Gasteiger partial charge < -0.3 is 4.74 Å². The third-order valence-electron chi connectivity index (χ3n) is 3.18. The molecule has 0 amide bonds. The molecule has 0 spiro atoms. The monoisotopic (exact) mass is 265 g/mol. The minimum absolute atomic E-state index is 0.138. The minimum Gasteiger partial charge on any atom is -0.459 e. The summed E-state index contributed by atoms with van der Waals surface area (Å²) < 4.78 is 5.33. The molecular weight excluding hydrogens is 250 g/mol. The summed E-state index contributed by atoms with van der Waals surface area (Å²) in [5.74, 6) is -0.302. The van der Waals surface area contributed by atoms with Gasteiger partial charge in [0, 0.05) is 17.0 Å². The molecule has 0 N–H and O–H groups in total. The van der Waals surface area contributed by atoms with Gasteiger partial charge in [0.15, 0.2) is 0 Å². The SMILES string of the molecule is CC(C)OC(=O)c1cccc2ccc3cccnc3c12. The van der Waals surface area contributed by atoms with Gasteiger partial charge >= 0.3 is 5.97 Å². The third-order valence-corrected chi connectivity index (χ3v) is 3.18. The Hall–Kier alpha value is -2.42. The number of rotatable bonds is 2. The number of hydrogen-bond acceptors (Lipinski definition) is 3. The van der Waals surface area contributed by atoms with Crippen molar-refractivity contribution in [1.82, 2.24) is 4.98 Å². The maximum absolute atomic E-state index is 12.3. The fourth-order valence-corrected chi connectivity index (χ4v) is 2.36. The van der Waals surface area contributed by atoms with Crippen LogP contribution in [0, 0.1) is 0 Å². The minimum atomic E-state index is -0.302. The first-order valence-corrected chi connectivity index (χ1v) is 6.64. The van der Waals surface area contributed by atoms with Gasteiger partial charge in [-0.05, 0) is 31.4 Å². The number of ether oxygens (including phenoxy) is 1. The highest BCUT2D eigenvalue weighted by Gasteiger charge is 2.15. The molecule has 1 heterocycles. The molecule has 0 atom stereocenters. The van der Waals surface area contributed by atoms with Crippen LogP contribution in [0.15, 0.2) is 48.7 Å². The van der Waals surface area contributed by atoms with Gasteiger partial charge in [0.1, 0.15) is 0 Å². The molecule has 0 aliphatic rings. The molecule has 20 heavy (non-hydrogen) atoms. The van der Waals surface area contributed by atoms with E-state index in [9.17, 15) is 4.79 Å². The van der Waals surface area contributed by atoms with Gasteiger partial charge in [0.25, 0.3) is 0 Å². The van der Waals surface area contributed by atoms with E-state index in [4.69, 9.17) is 4.74 Å². The largest absolute Gasteiger partial charge is 0.459 e. The van der Waals surface area contributed by atoms with E-state index >= 15 is 0 Å². The first kappa shape index (κ1) is 12.6. The van der Waals surface area contributed by atoms with Crippen molar-refractivity contribution in [2.45, 2.75) is 20.0 Å². The first-order valence-electron chi connectivity index (χ1n) is 6.64. The Morgan fingerprint density at radius 1 is 1.05 bits per heavy atom. The van der Waals surface area contributed by atoms with Crippen molar-refractivity contribution in [2.24, 2.45) is 0 Å². The van der Waals surface area contributed by atoms with E-state index < -0.39 is 0 Å². The highest BCUT2D eigenvalue weighted by Crippen LogP contribution is 2.27. The van der Waals surface area contributed by atoms with Crippen LogP contribution < -0.4 is 0 Å². The Bertz CT molecular complexity index is 793. The summed E-state index contributed by atoms with van der Waals surface area (Å²) in [5, 5.41) is 2.87. The summed E-state index contributed by atoms with van der Waals surface area (Å²) in [6.45, 7) is 3.69. The Balaban J connectivity index is 2.31. The van der Waals surface area contributed by atoms with Gasteiger partial charge in [-0.3, -0.25) is 4.98 Å². The maximum atomic E-state index is 12.3. The molecule has 0 aliphatic heterocycles. The van der Waals surface area contributed by atoms with E-state index in [-0.39, 0.29) is 12.1 Å². The van der Waals surface area contributed by atoms with Gasteiger partial charge in [0.05, 0.1) is 17.2 Å². The average Bonchev–Trinajstić information content (AvgIpc) is 2.45. The van der Waals surface area contributed by atoms with Crippen LogP contribution >= 0.6 is 0 Å². The second kappa shape index (κ2) is 4.93. The number of esters is 1. The third kappa shape index (κ3) is 2.11. The molecule has 0 saturated carbocycles. The summed E-state index contributed by atoms with van der Waals surface area (Å²) in [5.41, 5.74) is 1.40. The van der Waals surface area contributed by atoms with Crippen LogP contribution in [0.3, 0.4) is 0 Å². The molecule has 0 radical (unpaired) electrons. The van der Waals surface area contributed by atoms with Gasteiger partial charge in [-0.1, -0.05) is 30.3 Å². The Kier molecular flexibility index (Phi) is 3.11. The van der Waals surface area contributed by atoms with Crippen LogP contribution in [0.25, 0.3) is 21.7 Å². The molecule has 3 heteroatoms. The first-order chi connectivity index (χ1) is 9.66. The van der Waals surface area contributed by atoms with Gasteiger partial charge in [-0.25, -0.2) is 4.79 Å². The molecule has 3 aromatic rings. The van der Waals surface area contributed by atoms with Crippen LogP contribution in [0.4, 0.5) is 0 Å². The van der Waals surface area contributed by atoms with Crippen LogP contribution in [0.2, 0.25) is 0 Å². The van der Waals surface area contributed by atoms with Crippen molar-refractivity contribution in [2.75, 3.05) is 0 Å². The zero-order valence-corrected chi connectivity index (χ0v) is 11.5. The normalized spacial score (nSPS) is 11.2. The second-order valence-corrected chi connectivity index (χ2v) is 5.00. The van der Waals surface area contributed by atoms with E-state index in [2.05, 4.69) is 4.98 Å². The number of nitrogens with zero attached hydrogens (tertiary/aromatic N) is 1. The zero-order valence-electron chi connectivity index (χ0n) is 11.5. The van der Waals surface area contributed by atoms with Crippen LogP contribution in [-0.4, -0.2) is 17.1 Å². The lowest BCUT2D eigenvalue weighted by Crippen LogP contribution is -2.12. The van der Waals surface area contributed by atoms with Crippen molar-refractivity contribution in [3.63, 3.8) is 0 Å². The predicted octanol–water partition coefficient (Wildman–Crippen LogP) is 3.95. The molecule has 0 fully saturated rings. The standard InChI is InChI=1S/C17H15NO2/c1-11(2)20-17(19)14-7-3-5-12-8-9-13-6-4-10-18-16(13)15(12)14/h3-11H,1-2H3. The van der Waals surface area contributed by atoms with Crippen molar-refractivity contribution in [3.8, 4) is 0 Å². The lowest BCUT2D eigenvalue weighted by molar-refractivity contribution is 0.0380. The van der Waals surface area contributed by atoms with Crippen LogP contribution in [0.5, 0.6) is 0 Å². The van der Waals surface area contributed by atoms with Crippen molar-refractivity contribution in [3.05, 3.63) is 54.2 Å². The number of pyridine rings is 1. The van der Waals surface area contributed by atoms with E-state index in [0.717, 1.165) is 21.7 Å². The summed E-state index contributed by atoms with van der Waals surface area (Å²) >= 11 is 0. The van der Waals surface area contributed by atoms with E-state index in [1.165, 1.54) is 0 Å². The number of fused-ring (bicyclic) bond motifs is 3. The number of carbonyl (C=O) groups excluding carboxylic acids is 1. The average molecular weight is 265 g/mol. The fourth-order valence-electron chi connectivity index (χ4n) is 2.36. The van der Waals surface area contributed by atoms with E-state index in [1.54, 1.807) is 12.3 Å². The van der Waals surface area contributed by atoms with Crippen molar-refractivity contribution in [1.29, 1.82) is 0 Å². The predicted molar refractivity (Wildman–Crippen MR) is 79.8 cm³/mol. The molecule has 3 nitrogen and oxygen atoms in total. The summed E-state index contributed by atoms with van der Waals surface area (Å²) in [4.78, 5) is 16.7. The Labute approximate surface area is 117 Å². The Morgan fingerprint density at radius 2 is 1.80 bits per heavy atom. The molecule has 3 rings (SSSR count). The van der Waals surface area contributed by atoms with E-state index in [0.29, 0.717) is 5.56 Å². The molecule has 0 unspecified atom stereocenters. The quantitative estimate of drug-likeness (QED) is 0.520. The maximum Gasteiger partial charge on any atom is 0.339 e. The van der Waals surface area contributed by atoms with Crippen molar-refractivity contribution < 1.29 is 9.53 Å². The molecular formula is C17H15NO2. The van der Waals surface area contributed by atoms with Crippen molar-refractivity contribution >= 4 is 27.6 Å². The zero-order chi connectivity index (χ0) is 14.1. The molecule has 0 saturated heterocycles. The number of hydrogen-bond donors (Lipinski definition) is 0. The lowest BCUT2D eigenvalue weighted by Gasteiger charge is -2.11. The highest BCUT2D eigenvalue weighted by molar-refractivity contribution is 6.15. The molecule has 0 bridgehead atoms. The second-order valence-electron chi connectivity index (χ2n) is 5.00. The highest BCUT2D eigenvalue weighted by atomic mass is 16.5. The molecule has 2 aromatic carbocycles. The van der Waals surface area contributed by atoms with Gasteiger partial charge in [-0.2, -0.15) is 0 Å². The summed E-state index contributed by atoms with van der Waals surface area (Å²) in [6.07, 6.45) is 1.60. The molecule has 0 aliphatic carbocycles. The number of benzene rings is 2. The van der Waals surface area contributed by atoms with Gasteiger partial charge in [-0.15, -0.1) is 0 Å². The van der Waals surface area contributed by atoms with Gasteiger partial charge in [0.2, 0.25) is 0 Å². The molecule has 100 valence electrons.